The zero-order valence-corrected chi connectivity index (χ0v) is 14.2. The standard InChI is InChI=1S/C17H22F2N2O5/c1-26-14-7-13(20)9(6-12(14)15(22)23)8-21-11-4-2-10(3-5-11)17(18,19)16(24)25/h6-8,10-11,16,24-25H,2-5,20H2,1H3,(H,22,23). The highest BCUT2D eigenvalue weighted by atomic mass is 19.3. The quantitative estimate of drug-likeness (QED) is 0.343. The predicted molar refractivity (Wildman–Crippen MR) is 90.9 cm³/mol. The van der Waals surface area contributed by atoms with E-state index in [1.54, 1.807) is 0 Å². The molecule has 0 aromatic heterocycles. The Hall–Kier alpha value is -2.26. The zero-order valence-electron chi connectivity index (χ0n) is 14.2. The fourth-order valence-corrected chi connectivity index (χ4v) is 3.07. The number of alkyl halides is 2. The number of hydrogen-bond donors (Lipinski definition) is 4. The largest absolute Gasteiger partial charge is 0.496 e. The highest BCUT2D eigenvalue weighted by Crippen LogP contribution is 2.39. The number of aliphatic imine (C=N–C) groups is 1. The second-order valence-corrected chi connectivity index (χ2v) is 6.32. The van der Waals surface area contributed by atoms with Crippen molar-refractivity contribution in [3.05, 3.63) is 23.3 Å². The van der Waals surface area contributed by atoms with Crippen LogP contribution in [0.3, 0.4) is 0 Å². The zero-order chi connectivity index (χ0) is 19.5. The number of anilines is 1. The first-order valence-electron chi connectivity index (χ1n) is 8.14. The normalized spacial score (nSPS) is 21.3. The molecule has 26 heavy (non-hydrogen) atoms. The molecule has 1 aromatic carbocycles. The topological polar surface area (TPSA) is 125 Å². The van der Waals surface area contributed by atoms with E-state index < -0.39 is 24.1 Å². The Labute approximate surface area is 149 Å². The summed E-state index contributed by atoms with van der Waals surface area (Å²) in [6.07, 6.45) is -0.265. The highest BCUT2D eigenvalue weighted by Gasteiger charge is 2.46. The summed E-state index contributed by atoms with van der Waals surface area (Å²) in [5.74, 6) is -5.66. The lowest BCUT2D eigenvalue weighted by molar-refractivity contribution is -0.237. The molecule has 9 heteroatoms. The molecule has 1 aliphatic carbocycles. The molecule has 0 amide bonds. The van der Waals surface area contributed by atoms with Crippen LogP contribution < -0.4 is 10.5 Å². The highest BCUT2D eigenvalue weighted by molar-refractivity contribution is 5.97. The fourth-order valence-electron chi connectivity index (χ4n) is 3.07. The number of benzene rings is 1. The molecule has 144 valence electrons. The predicted octanol–water partition coefficient (Wildman–Crippen LogP) is 1.90. The molecule has 0 atom stereocenters. The number of carbonyl (C=O) groups is 1. The van der Waals surface area contributed by atoms with Crippen molar-refractivity contribution in [2.45, 2.75) is 43.9 Å². The minimum Gasteiger partial charge on any atom is -0.496 e. The Morgan fingerprint density at radius 2 is 1.96 bits per heavy atom. The first-order chi connectivity index (χ1) is 12.2. The molecule has 2 rings (SSSR count). The Morgan fingerprint density at radius 3 is 2.46 bits per heavy atom. The molecular formula is C17H22F2N2O5. The maximum absolute atomic E-state index is 13.6. The summed E-state index contributed by atoms with van der Waals surface area (Å²) in [6, 6.07) is 2.53. The first kappa shape index (κ1) is 20.1. The van der Waals surface area contributed by atoms with Crippen LogP contribution in [-0.2, 0) is 0 Å². The smallest absolute Gasteiger partial charge is 0.339 e. The Bertz CT molecular complexity index is 686. The molecular weight excluding hydrogens is 350 g/mol. The van der Waals surface area contributed by atoms with Crippen molar-refractivity contribution >= 4 is 17.9 Å². The summed E-state index contributed by atoms with van der Waals surface area (Å²) in [6.45, 7) is 0. The van der Waals surface area contributed by atoms with Crippen LogP contribution in [0.2, 0.25) is 0 Å². The molecule has 0 saturated heterocycles. The van der Waals surface area contributed by atoms with Crippen LogP contribution in [0.5, 0.6) is 5.75 Å². The van der Waals surface area contributed by atoms with Gasteiger partial charge in [0.05, 0.1) is 7.11 Å². The van der Waals surface area contributed by atoms with Crippen molar-refractivity contribution in [2.75, 3.05) is 12.8 Å². The molecule has 0 heterocycles. The van der Waals surface area contributed by atoms with Gasteiger partial charge in [-0.1, -0.05) is 0 Å². The third-order valence-electron chi connectivity index (χ3n) is 4.65. The monoisotopic (exact) mass is 372 g/mol. The van der Waals surface area contributed by atoms with Gasteiger partial charge in [0.1, 0.15) is 11.3 Å². The van der Waals surface area contributed by atoms with Crippen molar-refractivity contribution in [3.8, 4) is 5.75 Å². The molecule has 7 nitrogen and oxygen atoms in total. The lowest BCUT2D eigenvalue weighted by Crippen LogP contribution is -2.42. The van der Waals surface area contributed by atoms with E-state index in [4.69, 9.17) is 20.7 Å². The summed E-state index contributed by atoms with van der Waals surface area (Å²) in [5.41, 5.74) is 6.52. The molecule has 0 aliphatic heterocycles. The molecule has 0 bridgehead atoms. The van der Waals surface area contributed by atoms with Crippen molar-refractivity contribution in [3.63, 3.8) is 0 Å². The van der Waals surface area contributed by atoms with Gasteiger partial charge in [0, 0.05) is 35.5 Å². The van der Waals surface area contributed by atoms with E-state index in [0.717, 1.165) is 0 Å². The first-order valence-corrected chi connectivity index (χ1v) is 8.14. The van der Waals surface area contributed by atoms with Crippen molar-refractivity contribution < 1.29 is 33.6 Å². The van der Waals surface area contributed by atoms with Crippen LogP contribution in [0.25, 0.3) is 0 Å². The fraction of sp³-hybridized carbons (Fsp3) is 0.529. The molecule has 1 saturated carbocycles. The van der Waals surface area contributed by atoms with Gasteiger partial charge in [-0.3, -0.25) is 4.99 Å². The van der Waals surface area contributed by atoms with Crippen LogP contribution in [0.15, 0.2) is 17.1 Å². The average molecular weight is 372 g/mol. The summed E-state index contributed by atoms with van der Waals surface area (Å²) >= 11 is 0. The van der Waals surface area contributed by atoms with Crippen LogP contribution in [-0.4, -0.2) is 52.9 Å². The Morgan fingerprint density at radius 1 is 1.35 bits per heavy atom. The molecule has 1 aromatic rings. The number of hydrogen-bond acceptors (Lipinski definition) is 6. The van der Waals surface area contributed by atoms with Crippen LogP contribution in [0, 0.1) is 5.92 Å². The molecule has 5 N–H and O–H groups in total. The number of aromatic carboxylic acids is 1. The second-order valence-electron chi connectivity index (χ2n) is 6.32. The van der Waals surface area contributed by atoms with Crippen LogP contribution >= 0.6 is 0 Å². The number of carboxylic acids is 1. The Balaban J connectivity index is 2.08. The molecule has 1 fully saturated rings. The van der Waals surface area contributed by atoms with E-state index in [1.165, 1.54) is 25.5 Å². The molecule has 1 aliphatic rings. The number of ether oxygens (including phenoxy) is 1. The number of rotatable bonds is 6. The van der Waals surface area contributed by atoms with Gasteiger partial charge in [-0.15, -0.1) is 0 Å². The number of halogens is 2. The van der Waals surface area contributed by atoms with E-state index in [-0.39, 0.29) is 30.2 Å². The van der Waals surface area contributed by atoms with Gasteiger partial charge in [0.2, 0.25) is 6.29 Å². The van der Waals surface area contributed by atoms with E-state index >= 15 is 0 Å². The minimum atomic E-state index is -3.54. The lowest BCUT2D eigenvalue weighted by atomic mass is 9.82. The number of nitrogens with two attached hydrogens (primary N) is 1. The SMILES string of the molecule is COc1cc(N)c(C=NC2CCC(C(F)(F)C(O)O)CC2)cc1C(=O)O. The summed E-state index contributed by atoms with van der Waals surface area (Å²) < 4.78 is 32.2. The van der Waals surface area contributed by atoms with Gasteiger partial charge >= 0.3 is 5.97 Å². The number of methoxy groups -OCH3 is 1. The molecule has 0 spiro atoms. The van der Waals surface area contributed by atoms with Crippen molar-refractivity contribution in [1.82, 2.24) is 0 Å². The lowest BCUT2D eigenvalue weighted by Gasteiger charge is -2.33. The number of aliphatic hydroxyl groups is 2. The van der Waals surface area contributed by atoms with Gasteiger partial charge in [-0.2, -0.15) is 0 Å². The van der Waals surface area contributed by atoms with E-state index in [1.807, 2.05) is 0 Å². The van der Waals surface area contributed by atoms with Gasteiger partial charge in [0.15, 0.2) is 0 Å². The van der Waals surface area contributed by atoms with Crippen molar-refractivity contribution in [2.24, 2.45) is 10.9 Å². The summed E-state index contributed by atoms with van der Waals surface area (Å²) in [7, 11) is 1.34. The van der Waals surface area contributed by atoms with E-state index in [9.17, 15) is 18.7 Å². The van der Waals surface area contributed by atoms with Gasteiger partial charge in [-0.05, 0) is 31.7 Å². The van der Waals surface area contributed by atoms with Crippen LogP contribution in [0.4, 0.5) is 14.5 Å². The number of carboxylic acid groups (broad SMARTS) is 1. The Kier molecular flexibility index (Phi) is 6.14. The summed E-state index contributed by atoms with van der Waals surface area (Å²) in [4.78, 5) is 15.6. The molecule has 0 radical (unpaired) electrons. The minimum absolute atomic E-state index is 0.0524. The van der Waals surface area contributed by atoms with Crippen molar-refractivity contribution in [1.29, 1.82) is 0 Å². The van der Waals surface area contributed by atoms with Gasteiger partial charge in [0.25, 0.3) is 5.92 Å². The second kappa shape index (κ2) is 7.96. The van der Waals surface area contributed by atoms with E-state index in [0.29, 0.717) is 24.1 Å². The average Bonchev–Trinajstić information content (AvgIpc) is 2.60. The molecule has 0 unspecified atom stereocenters. The maximum Gasteiger partial charge on any atom is 0.339 e. The van der Waals surface area contributed by atoms with E-state index in [2.05, 4.69) is 4.99 Å². The number of nitrogen functional groups attached to an aromatic ring is 1. The van der Waals surface area contributed by atoms with Gasteiger partial charge < -0.3 is 25.8 Å². The third-order valence-corrected chi connectivity index (χ3v) is 4.65. The third kappa shape index (κ3) is 4.28. The summed E-state index contributed by atoms with van der Waals surface area (Å²) in [5, 5.41) is 26.8. The number of aliphatic hydroxyl groups excluding tert-OH is 1. The maximum atomic E-state index is 13.6. The number of nitrogens with zero attached hydrogens (tertiary/aromatic N) is 1. The van der Waals surface area contributed by atoms with Gasteiger partial charge in [-0.25, -0.2) is 13.6 Å². The van der Waals surface area contributed by atoms with Crippen LogP contribution in [0.1, 0.15) is 41.6 Å².